The molecule has 1 aliphatic rings. The molecular weight excluding hydrogens is 164 g/mol. The van der Waals surface area contributed by atoms with Crippen LogP contribution in [0.2, 0.25) is 0 Å². The predicted molar refractivity (Wildman–Crippen MR) is 52.3 cm³/mol. The van der Waals surface area contributed by atoms with Crippen molar-refractivity contribution in [1.82, 2.24) is 0 Å². The molecule has 0 aromatic carbocycles. The minimum absolute atomic E-state index is 0.0824. The van der Waals surface area contributed by atoms with E-state index in [9.17, 15) is 4.79 Å². The molecule has 13 heavy (non-hydrogen) atoms. The smallest absolute Gasteiger partial charge is 0.306 e. The summed E-state index contributed by atoms with van der Waals surface area (Å²) in [6, 6.07) is 0. The summed E-state index contributed by atoms with van der Waals surface area (Å²) in [5.74, 6) is -0.0824. The maximum absolute atomic E-state index is 10.9. The molecule has 0 aromatic rings. The van der Waals surface area contributed by atoms with Crippen LogP contribution in [0.15, 0.2) is 12.2 Å². The standard InChI is InChI=1S/C11H18O2/c1-10(2,3)7-8-11(4)6-5-9(12)13-11/h7-8H,5-6H2,1-4H3/b8-7+. The topological polar surface area (TPSA) is 26.3 Å². The van der Waals surface area contributed by atoms with Gasteiger partial charge in [-0.2, -0.15) is 0 Å². The first-order valence-corrected chi connectivity index (χ1v) is 4.73. The molecule has 0 saturated carbocycles. The quantitative estimate of drug-likeness (QED) is 0.460. The van der Waals surface area contributed by atoms with Crippen LogP contribution in [-0.4, -0.2) is 11.6 Å². The number of allylic oxidation sites excluding steroid dienone is 1. The summed E-state index contributed by atoms with van der Waals surface area (Å²) < 4.78 is 5.22. The molecule has 1 atom stereocenters. The van der Waals surface area contributed by atoms with E-state index in [0.29, 0.717) is 6.42 Å². The predicted octanol–water partition coefficient (Wildman–Crippen LogP) is 2.68. The third-order valence-corrected chi connectivity index (χ3v) is 2.11. The van der Waals surface area contributed by atoms with Gasteiger partial charge in [0.15, 0.2) is 0 Å². The van der Waals surface area contributed by atoms with Gasteiger partial charge in [-0.15, -0.1) is 0 Å². The van der Waals surface area contributed by atoms with E-state index in [2.05, 4.69) is 26.8 Å². The van der Waals surface area contributed by atoms with Crippen LogP contribution in [0.4, 0.5) is 0 Å². The molecule has 1 aliphatic heterocycles. The van der Waals surface area contributed by atoms with Crippen molar-refractivity contribution in [2.45, 2.75) is 46.1 Å². The van der Waals surface area contributed by atoms with Gasteiger partial charge in [-0.3, -0.25) is 4.79 Å². The zero-order valence-electron chi connectivity index (χ0n) is 8.89. The second kappa shape index (κ2) is 3.17. The lowest BCUT2D eigenvalue weighted by Gasteiger charge is -2.20. The number of carbonyl (C=O) groups is 1. The van der Waals surface area contributed by atoms with E-state index in [-0.39, 0.29) is 17.0 Å². The highest BCUT2D eigenvalue weighted by Crippen LogP contribution is 2.29. The fourth-order valence-electron chi connectivity index (χ4n) is 1.26. The molecule has 1 fully saturated rings. The van der Waals surface area contributed by atoms with Crippen LogP contribution in [0, 0.1) is 5.41 Å². The molecule has 1 heterocycles. The average Bonchev–Trinajstić information content (AvgIpc) is 2.27. The third-order valence-electron chi connectivity index (χ3n) is 2.11. The molecule has 0 radical (unpaired) electrons. The third kappa shape index (κ3) is 3.21. The lowest BCUT2D eigenvalue weighted by molar-refractivity contribution is -0.144. The van der Waals surface area contributed by atoms with E-state index >= 15 is 0 Å². The normalized spacial score (nSPS) is 29.7. The van der Waals surface area contributed by atoms with Crippen LogP contribution in [0.1, 0.15) is 40.5 Å². The SMILES string of the molecule is CC(C)(C)/C=C/C1(C)CCC(=O)O1. The number of cyclic esters (lactones) is 1. The Kier molecular flexibility index (Phi) is 2.51. The van der Waals surface area contributed by atoms with Crippen molar-refractivity contribution in [2.24, 2.45) is 5.41 Å². The van der Waals surface area contributed by atoms with Gasteiger partial charge in [0, 0.05) is 12.8 Å². The molecule has 0 N–H and O–H groups in total. The molecule has 0 spiro atoms. The van der Waals surface area contributed by atoms with Gasteiger partial charge < -0.3 is 4.74 Å². The Bertz CT molecular complexity index is 235. The van der Waals surface area contributed by atoms with Gasteiger partial charge in [-0.1, -0.05) is 26.8 Å². The van der Waals surface area contributed by atoms with Crippen molar-refractivity contribution in [2.75, 3.05) is 0 Å². The molecule has 1 saturated heterocycles. The van der Waals surface area contributed by atoms with Crippen LogP contribution < -0.4 is 0 Å². The minimum atomic E-state index is -0.357. The maximum Gasteiger partial charge on any atom is 0.306 e. The summed E-state index contributed by atoms with van der Waals surface area (Å²) in [7, 11) is 0. The minimum Gasteiger partial charge on any atom is -0.455 e. The highest BCUT2D eigenvalue weighted by molar-refractivity contribution is 5.72. The fraction of sp³-hybridized carbons (Fsp3) is 0.727. The van der Waals surface area contributed by atoms with Crippen molar-refractivity contribution >= 4 is 5.97 Å². The first kappa shape index (κ1) is 10.3. The summed E-state index contributed by atoms with van der Waals surface area (Å²) in [5.41, 5.74) is -0.206. The van der Waals surface area contributed by atoms with Crippen LogP contribution in [0.3, 0.4) is 0 Å². The largest absolute Gasteiger partial charge is 0.455 e. The zero-order valence-corrected chi connectivity index (χ0v) is 8.89. The van der Waals surface area contributed by atoms with Gasteiger partial charge in [0.1, 0.15) is 5.60 Å². The van der Waals surface area contributed by atoms with E-state index in [1.54, 1.807) is 0 Å². The molecule has 74 valence electrons. The Balaban J connectivity index is 2.63. The molecular formula is C11H18O2. The number of ether oxygens (including phenoxy) is 1. The molecule has 0 aromatic heterocycles. The Morgan fingerprint density at radius 1 is 1.46 bits per heavy atom. The number of hydrogen-bond acceptors (Lipinski definition) is 2. The molecule has 2 nitrogen and oxygen atoms in total. The maximum atomic E-state index is 10.9. The summed E-state index contributed by atoms with van der Waals surface area (Å²) in [6.07, 6.45) is 5.47. The molecule has 0 aliphatic carbocycles. The van der Waals surface area contributed by atoms with Crippen molar-refractivity contribution in [3.05, 3.63) is 12.2 Å². The van der Waals surface area contributed by atoms with Crippen LogP contribution in [-0.2, 0) is 9.53 Å². The summed E-state index contributed by atoms with van der Waals surface area (Å²) in [4.78, 5) is 10.9. The van der Waals surface area contributed by atoms with Crippen molar-refractivity contribution in [3.63, 3.8) is 0 Å². The lowest BCUT2D eigenvalue weighted by atomic mass is 9.92. The van der Waals surface area contributed by atoms with Gasteiger partial charge in [0.2, 0.25) is 0 Å². The van der Waals surface area contributed by atoms with E-state index in [4.69, 9.17) is 4.74 Å². The molecule has 1 rings (SSSR count). The van der Waals surface area contributed by atoms with Gasteiger partial charge in [-0.05, 0) is 18.4 Å². The van der Waals surface area contributed by atoms with Crippen LogP contribution in [0.5, 0.6) is 0 Å². The molecule has 0 bridgehead atoms. The van der Waals surface area contributed by atoms with Crippen molar-refractivity contribution in [1.29, 1.82) is 0 Å². The zero-order chi connectivity index (χ0) is 10.1. The van der Waals surface area contributed by atoms with E-state index < -0.39 is 0 Å². The fourth-order valence-corrected chi connectivity index (χ4v) is 1.26. The highest BCUT2D eigenvalue weighted by Gasteiger charge is 2.33. The first-order valence-electron chi connectivity index (χ1n) is 4.73. The van der Waals surface area contributed by atoms with Gasteiger partial charge in [-0.25, -0.2) is 0 Å². The highest BCUT2D eigenvalue weighted by atomic mass is 16.6. The molecule has 0 amide bonds. The van der Waals surface area contributed by atoms with Crippen molar-refractivity contribution in [3.8, 4) is 0 Å². The van der Waals surface area contributed by atoms with Crippen LogP contribution >= 0.6 is 0 Å². The number of esters is 1. The molecule has 2 heteroatoms. The summed E-state index contributed by atoms with van der Waals surface area (Å²) in [5, 5.41) is 0. The second-order valence-corrected chi connectivity index (χ2v) is 4.99. The van der Waals surface area contributed by atoms with E-state index in [0.717, 1.165) is 6.42 Å². The van der Waals surface area contributed by atoms with Gasteiger partial charge in [0.05, 0.1) is 0 Å². The summed E-state index contributed by atoms with van der Waals surface area (Å²) >= 11 is 0. The number of carbonyl (C=O) groups excluding carboxylic acids is 1. The lowest BCUT2D eigenvalue weighted by Crippen LogP contribution is -2.21. The Labute approximate surface area is 80.0 Å². The Morgan fingerprint density at radius 3 is 2.46 bits per heavy atom. The molecule has 1 unspecified atom stereocenters. The van der Waals surface area contributed by atoms with E-state index in [1.807, 2.05) is 13.0 Å². The summed E-state index contributed by atoms with van der Waals surface area (Å²) in [6.45, 7) is 8.34. The monoisotopic (exact) mass is 182 g/mol. The Hall–Kier alpha value is -0.790. The number of hydrogen-bond donors (Lipinski definition) is 0. The van der Waals surface area contributed by atoms with Gasteiger partial charge in [0.25, 0.3) is 0 Å². The number of rotatable bonds is 1. The van der Waals surface area contributed by atoms with Gasteiger partial charge >= 0.3 is 5.97 Å². The van der Waals surface area contributed by atoms with Crippen LogP contribution in [0.25, 0.3) is 0 Å². The van der Waals surface area contributed by atoms with Crippen molar-refractivity contribution < 1.29 is 9.53 Å². The average molecular weight is 182 g/mol. The Morgan fingerprint density at radius 2 is 2.08 bits per heavy atom. The van der Waals surface area contributed by atoms with E-state index in [1.165, 1.54) is 0 Å². The first-order chi connectivity index (χ1) is 5.81. The second-order valence-electron chi connectivity index (χ2n) is 4.99.